The smallest absolute Gasteiger partial charge is 0.410 e. The van der Waals surface area contributed by atoms with E-state index in [1.807, 2.05) is 20.8 Å². The number of aromatic carboxylic acids is 1. The van der Waals surface area contributed by atoms with Crippen LogP contribution in [0.3, 0.4) is 0 Å². The largest absolute Gasteiger partial charge is 0.476 e. The zero-order valence-electron chi connectivity index (χ0n) is 12.5. The number of piperidine rings is 1. The lowest BCUT2D eigenvalue weighted by molar-refractivity contribution is 0.0199. The van der Waals surface area contributed by atoms with Crippen LogP contribution in [-0.2, 0) is 4.74 Å². The number of oxazole rings is 1. The first-order valence-electron chi connectivity index (χ1n) is 6.93. The molecule has 7 nitrogen and oxygen atoms in total. The van der Waals surface area contributed by atoms with E-state index in [0.29, 0.717) is 31.8 Å². The van der Waals surface area contributed by atoms with Crippen molar-refractivity contribution in [1.82, 2.24) is 9.88 Å². The number of carbonyl (C=O) groups excluding carboxylic acids is 1. The molecule has 1 aromatic heterocycles. The van der Waals surface area contributed by atoms with Gasteiger partial charge in [0, 0.05) is 19.0 Å². The maximum absolute atomic E-state index is 11.9. The Hall–Kier alpha value is -2.05. The molecule has 7 heteroatoms. The maximum atomic E-state index is 11.9. The molecule has 0 aliphatic carbocycles. The van der Waals surface area contributed by atoms with E-state index in [-0.39, 0.29) is 17.7 Å². The van der Waals surface area contributed by atoms with Crippen LogP contribution in [0.2, 0.25) is 0 Å². The molecule has 116 valence electrons. The molecule has 1 aliphatic heterocycles. The number of rotatable bonds is 2. The number of carboxylic acid groups (broad SMARTS) is 1. The van der Waals surface area contributed by atoms with Crippen molar-refractivity contribution >= 4 is 12.1 Å². The summed E-state index contributed by atoms with van der Waals surface area (Å²) in [5, 5.41) is 8.83. The Bertz CT molecular complexity index is 524. The van der Waals surface area contributed by atoms with Gasteiger partial charge in [0.2, 0.25) is 0 Å². The normalized spacial score (nSPS) is 16.8. The van der Waals surface area contributed by atoms with Crippen LogP contribution in [0, 0.1) is 0 Å². The van der Waals surface area contributed by atoms with Gasteiger partial charge in [-0.25, -0.2) is 14.6 Å². The Balaban J connectivity index is 1.90. The zero-order valence-corrected chi connectivity index (χ0v) is 12.5. The molecule has 1 amide bonds. The molecule has 1 aliphatic rings. The number of nitrogens with zero attached hydrogens (tertiary/aromatic N) is 2. The standard InChI is InChI=1S/C14H20N2O5/c1-14(2,3)21-13(19)16-6-4-9(5-7-16)11-15-10(8-20-11)12(17)18/h8-9H,4-7H2,1-3H3,(H,17,18). The average molecular weight is 296 g/mol. The molecule has 0 bridgehead atoms. The van der Waals surface area contributed by atoms with Crippen molar-refractivity contribution < 1.29 is 23.8 Å². The van der Waals surface area contributed by atoms with Crippen LogP contribution in [0.15, 0.2) is 10.7 Å². The van der Waals surface area contributed by atoms with Crippen LogP contribution in [0.5, 0.6) is 0 Å². The highest BCUT2D eigenvalue weighted by Crippen LogP contribution is 2.28. The highest BCUT2D eigenvalue weighted by atomic mass is 16.6. The van der Waals surface area contributed by atoms with E-state index in [0.717, 1.165) is 6.26 Å². The highest BCUT2D eigenvalue weighted by Gasteiger charge is 2.29. The number of amides is 1. The summed E-state index contributed by atoms with van der Waals surface area (Å²) in [6, 6.07) is 0. The van der Waals surface area contributed by atoms with Gasteiger partial charge >= 0.3 is 12.1 Å². The summed E-state index contributed by atoms with van der Waals surface area (Å²) in [5.41, 5.74) is -0.591. The second kappa shape index (κ2) is 5.75. The first-order valence-corrected chi connectivity index (χ1v) is 6.93. The third kappa shape index (κ3) is 3.96. The molecule has 1 aromatic rings. The maximum Gasteiger partial charge on any atom is 0.410 e. The van der Waals surface area contributed by atoms with Gasteiger partial charge in [-0.15, -0.1) is 0 Å². The van der Waals surface area contributed by atoms with Gasteiger partial charge < -0.3 is 19.2 Å². The fourth-order valence-electron chi connectivity index (χ4n) is 2.21. The number of carboxylic acids is 1. The predicted octanol–water partition coefficient (Wildman–Crippen LogP) is 2.49. The summed E-state index contributed by atoms with van der Waals surface area (Å²) in [7, 11) is 0. The van der Waals surface area contributed by atoms with Gasteiger partial charge in [-0.2, -0.15) is 0 Å². The third-order valence-corrected chi connectivity index (χ3v) is 3.24. The van der Waals surface area contributed by atoms with Crippen LogP contribution in [0.25, 0.3) is 0 Å². The van der Waals surface area contributed by atoms with Crippen LogP contribution in [-0.4, -0.2) is 45.7 Å². The predicted molar refractivity (Wildman–Crippen MR) is 73.2 cm³/mol. The summed E-state index contributed by atoms with van der Waals surface area (Å²) in [6.07, 6.45) is 2.19. The second-order valence-electron chi connectivity index (χ2n) is 6.12. The Kier molecular flexibility index (Phi) is 4.20. The average Bonchev–Trinajstić information content (AvgIpc) is 2.86. The molecule has 2 heterocycles. The van der Waals surface area contributed by atoms with E-state index in [1.165, 1.54) is 0 Å². The number of ether oxygens (including phenoxy) is 1. The summed E-state index contributed by atoms with van der Waals surface area (Å²) < 4.78 is 10.5. The van der Waals surface area contributed by atoms with E-state index < -0.39 is 11.6 Å². The molecule has 21 heavy (non-hydrogen) atoms. The van der Waals surface area contributed by atoms with E-state index in [2.05, 4.69) is 4.98 Å². The van der Waals surface area contributed by atoms with Crippen LogP contribution in [0.1, 0.15) is 55.9 Å². The molecular weight excluding hydrogens is 276 g/mol. The Labute approximate surface area is 122 Å². The van der Waals surface area contributed by atoms with E-state index in [4.69, 9.17) is 14.3 Å². The molecule has 0 radical (unpaired) electrons. The quantitative estimate of drug-likeness (QED) is 0.901. The van der Waals surface area contributed by atoms with Crippen molar-refractivity contribution in [2.75, 3.05) is 13.1 Å². The van der Waals surface area contributed by atoms with Gasteiger partial charge in [0.15, 0.2) is 11.6 Å². The number of likely N-dealkylation sites (tertiary alicyclic amines) is 1. The number of carbonyl (C=O) groups is 2. The van der Waals surface area contributed by atoms with E-state index in [1.54, 1.807) is 4.90 Å². The first kappa shape index (κ1) is 15.3. The van der Waals surface area contributed by atoms with Crippen molar-refractivity contribution in [3.8, 4) is 0 Å². The molecule has 1 fully saturated rings. The zero-order chi connectivity index (χ0) is 15.6. The van der Waals surface area contributed by atoms with Gasteiger partial charge in [0.25, 0.3) is 0 Å². The van der Waals surface area contributed by atoms with Gasteiger partial charge in [-0.05, 0) is 33.6 Å². The van der Waals surface area contributed by atoms with E-state index in [9.17, 15) is 9.59 Å². The Morgan fingerprint density at radius 3 is 2.48 bits per heavy atom. The summed E-state index contributed by atoms with van der Waals surface area (Å²) in [5.74, 6) is -0.635. The molecule has 2 rings (SSSR count). The lowest BCUT2D eigenvalue weighted by Gasteiger charge is -2.32. The highest BCUT2D eigenvalue weighted by molar-refractivity contribution is 5.84. The number of hydrogen-bond acceptors (Lipinski definition) is 5. The molecule has 0 spiro atoms. The number of aromatic nitrogens is 1. The fourth-order valence-corrected chi connectivity index (χ4v) is 2.21. The van der Waals surface area contributed by atoms with Crippen molar-refractivity contribution in [3.63, 3.8) is 0 Å². The summed E-state index contributed by atoms with van der Waals surface area (Å²) in [4.78, 5) is 28.3. The van der Waals surface area contributed by atoms with Crippen LogP contribution >= 0.6 is 0 Å². The Morgan fingerprint density at radius 2 is 2.00 bits per heavy atom. The van der Waals surface area contributed by atoms with Crippen molar-refractivity contribution in [2.45, 2.75) is 45.1 Å². The lowest BCUT2D eigenvalue weighted by Crippen LogP contribution is -2.41. The molecule has 1 N–H and O–H groups in total. The topological polar surface area (TPSA) is 92.9 Å². The van der Waals surface area contributed by atoms with Gasteiger partial charge in [0.05, 0.1) is 0 Å². The second-order valence-corrected chi connectivity index (χ2v) is 6.12. The Morgan fingerprint density at radius 1 is 1.38 bits per heavy atom. The minimum absolute atomic E-state index is 0.0387. The summed E-state index contributed by atoms with van der Waals surface area (Å²) >= 11 is 0. The van der Waals surface area contributed by atoms with Gasteiger partial charge in [-0.1, -0.05) is 0 Å². The number of hydrogen-bond donors (Lipinski definition) is 1. The monoisotopic (exact) mass is 296 g/mol. The SMILES string of the molecule is CC(C)(C)OC(=O)N1CCC(c2nc(C(=O)O)co2)CC1. The van der Waals surface area contributed by atoms with Crippen LogP contribution < -0.4 is 0 Å². The molecule has 0 aromatic carbocycles. The van der Waals surface area contributed by atoms with Gasteiger partial charge in [0.1, 0.15) is 11.9 Å². The van der Waals surface area contributed by atoms with Crippen LogP contribution in [0.4, 0.5) is 4.79 Å². The summed E-state index contributed by atoms with van der Waals surface area (Å²) in [6.45, 7) is 6.59. The minimum atomic E-state index is -1.10. The van der Waals surface area contributed by atoms with E-state index >= 15 is 0 Å². The minimum Gasteiger partial charge on any atom is -0.476 e. The van der Waals surface area contributed by atoms with Crippen molar-refractivity contribution in [3.05, 3.63) is 17.8 Å². The lowest BCUT2D eigenvalue weighted by atomic mass is 9.97. The first-order chi connectivity index (χ1) is 9.76. The molecule has 0 unspecified atom stereocenters. The van der Waals surface area contributed by atoms with Crippen molar-refractivity contribution in [1.29, 1.82) is 0 Å². The van der Waals surface area contributed by atoms with Gasteiger partial charge in [-0.3, -0.25) is 0 Å². The molecule has 0 saturated carbocycles. The molecule has 1 saturated heterocycles. The third-order valence-electron chi connectivity index (χ3n) is 3.24. The van der Waals surface area contributed by atoms with Crippen molar-refractivity contribution in [2.24, 2.45) is 0 Å². The molecule has 0 atom stereocenters. The fraction of sp³-hybridized carbons (Fsp3) is 0.643. The molecular formula is C14H20N2O5.